The molecule has 0 aliphatic carbocycles. The van der Waals surface area contributed by atoms with Gasteiger partial charge in [0.1, 0.15) is 10.6 Å². The fourth-order valence-electron chi connectivity index (χ4n) is 3.53. The summed E-state index contributed by atoms with van der Waals surface area (Å²) >= 11 is 6.00. The van der Waals surface area contributed by atoms with Crippen LogP contribution in [0.25, 0.3) is 0 Å². The van der Waals surface area contributed by atoms with Gasteiger partial charge in [-0.3, -0.25) is 4.79 Å². The fourth-order valence-corrected chi connectivity index (χ4v) is 3.69. The van der Waals surface area contributed by atoms with Crippen LogP contribution in [-0.4, -0.2) is 42.6 Å². The summed E-state index contributed by atoms with van der Waals surface area (Å²) in [5, 5.41) is 0.428. The van der Waals surface area contributed by atoms with Crippen LogP contribution in [0.1, 0.15) is 18.5 Å². The number of rotatable bonds is 2. The summed E-state index contributed by atoms with van der Waals surface area (Å²) in [5.41, 5.74) is 0.108. The van der Waals surface area contributed by atoms with Crippen LogP contribution in [0.5, 0.6) is 0 Å². The number of carbonyl (C=O) groups excluding carboxylic acids is 1. The van der Waals surface area contributed by atoms with Crippen molar-refractivity contribution in [1.29, 1.82) is 0 Å². The molecule has 0 saturated carbocycles. The molecule has 4 heterocycles. The van der Waals surface area contributed by atoms with Gasteiger partial charge in [-0.1, -0.05) is 17.7 Å². The summed E-state index contributed by atoms with van der Waals surface area (Å²) in [4.78, 5) is 19.2. The van der Waals surface area contributed by atoms with Crippen molar-refractivity contribution in [2.75, 3.05) is 26.7 Å². The lowest BCUT2D eigenvalue weighted by Gasteiger charge is -2.51. The first-order valence-corrected chi connectivity index (χ1v) is 6.98. The lowest BCUT2D eigenvalue weighted by atomic mass is 9.64. The van der Waals surface area contributed by atoms with Gasteiger partial charge in [0.2, 0.25) is 0 Å². The highest BCUT2D eigenvalue weighted by Gasteiger charge is 2.54. The highest BCUT2D eigenvalue weighted by molar-refractivity contribution is 6.29. The maximum absolute atomic E-state index is 12.5. The second kappa shape index (κ2) is 4.76. The molecule has 4 nitrogen and oxygen atoms in total. The lowest BCUT2D eigenvalue weighted by molar-refractivity contribution is -0.156. The number of carbonyl (C=O) groups is 1. The van der Waals surface area contributed by atoms with E-state index in [0.29, 0.717) is 17.6 Å². The zero-order valence-corrected chi connectivity index (χ0v) is 11.7. The maximum Gasteiger partial charge on any atom is 0.319 e. The molecule has 0 amide bonds. The normalized spacial score (nSPS) is 33.2. The van der Waals surface area contributed by atoms with Crippen LogP contribution in [-0.2, 0) is 14.9 Å². The number of esters is 1. The number of halogens is 1. The first-order valence-electron chi connectivity index (χ1n) is 6.60. The second-order valence-electron chi connectivity index (χ2n) is 5.36. The second-order valence-corrected chi connectivity index (χ2v) is 5.75. The highest BCUT2D eigenvalue weighted by atomic mass is 35.5. The Morgan fingerprint density at radius 1 is 1.47 bits per heavy atom. The van der Waals surface area contributed by atoms with Crippen molar-refractivity contribution in [3.8, 4) is 0 Å². The molecular formula is C14H17ClN2O2. The van der Waals surface area contributed by atoms with Crippen molar-refractivity contribution in [3.63, 3.8) is 0 Å². The van der Waals surface area contributed by atoms with Gasteiger partial charge < -0.3 is 9.64 Å². The largest absolute Gasteiger partial charge is 0.468 e. The Balaban J connectivity index is 2.10. The molecule has 0 N–H and O–H groups in total. The molecule has 2 bridgehead atoms. The van der Waals surface area contributed by atoms with Gasteiger partial charge in [0.25, 0.3) is 0 Å². The van der Waals surface area contributed by atoms with E-state index in [1.807, 2.05) is 12.1 Å². The van der Waals surface area contributed by atoms with E-state index in [1.165, 1.54) is 7.11 Å². The standard InChI is InChI=1S/C14H17ClN2O2/c1-19-13(18)14(11-3-2-4-12(15)16-11)9-17-7-5-10(14)6-8-17/h2-4,10H,5-9H2,1H3. The third-order valence-electron chi connectivity index (χ3n) is 4.48. The third kappa shape index (κ3) is 1.94. The molecule has 3 fully saturated rings. The molecule has 3 saturated heterocycles. The topological polar surface area (TPSA) is 42.4 Å². The van der Waals surface area contributed by atoms with E-state index in [-0.39, 0.29) is 5.97 Å². The number of hydrogen-bond donors (Lipinski definition) is 0. The van der Waals surface area contributed by atoms with Gasteiger partial charge in [0.15, 0.2) is 0 Å². The van der Waals surface area contributed by atoms with E-state index in [9.17, 15) is 4.79 Å². The average molecular weight is 281 g/mol. The van der Waals surface area contributed by atoms with Crippen LogP contribution in [0.4, 0.5) is 0 Å². The van der Waals surface area contributed by atoms with Crippen LogP contribution in [0, 0.1) is 5.92 Å². The molecule has 3 aliphatic heterocycles. The first-order chi connectivity index (χ1) is 9.16. The van der Waals surface area contributed by atoms with Crippen LogP contribution in [0.15, 0.2) is 18.2 Å². The molecule has 1 unspecified atom stereocenters. The molecular weight excluding hydrogens is 264 g/mol. The van der Waals surface area contributed by atoms with Gasteiger partial charge in [-0.05, 0) is 44.0 Å². The Bertz CT molecular complexity index is 500. The molecule has 5 heteroatoms. The van der Waals surface area contributed by atoms with E-state index >= 15 is 0 Å². The van der Waals surface area contributed by atoms with Crippen molar-refractivity contribution in [1.82, 2.24) is 9.88 Å². The molecule has 3 aliphatic rings. The van der Waals surface area contributed by atoms with Gasteiger partial charge in [-0.2, -0.15) is 0 Å². The first kappa shape index (κ1) is 12.9. The van der Waals surface area contributed by atoms with E-state index in [2.05, 4.69) is 9.88 Å². The number of fused-ring (bicyclic) bond motifs is 3. The van der Waals surface area contributed by atoms with Crippen LogP contribution in [0.2, 0.25) is 5.15 Å². The Labute approximate surface area is 117 Å². The summed E-state index contributed by atoms with van der Waals surface area (Å²) in [7, 11) is 1.45. The average Bonchev–Trinajstić information content (AvgIpc) is 2.47. The van der Waals surface area contributed by atoms with Crippen molar-refractivity contribution in [3.05, 3.63) is 29.0 Å². The summed E-state index contributed by atoms with van der Waals surface area (Å²) in [6.07, 6.45) is 2.03. The Morgan fingerprint density at radius 3 is 2.74 bits per heavy atom. The van der Waals surface area contributed by atoms with Crippen LogP contribution < -0.4 is 0 Å². The number of hydrogen-bond acceptors (Lipinski definition) is 4. The smallest absolute Gasteiger partial charge is 0.319 e. The van der Waals surface area contributed by atoms with E-state index in [1.54, 1.807) is 6.07 Å². The van der Waals surface area contributed by atoms with E-state index in [4.69, 9.17) is 16.3 Å². The number of nitrogens with zero attached hydrogens (tertiary/aromatic N) is 2. The number of piperidine rings is 3. The zero-order chi connectivity index (χ0) is 13.5. The van der Waals surface area contributed by atoms with Gasteiger partial charge >= 0.3 is 5.97 Å². The van der Waals surface area contributed by atoms with Gasteiger partial charge in [-0.15, -0.1) is 0 Å². The van der Waals surface area contributed by atoms with Gasteiger partial charge in [0.05, 0.1) is 12.8 Å². The molecule has 1 aromatic rings. The van der Waals surface area contributed by atoms with Crippen LogP contribution >= 0.6 is 11.6 Å². The van der Waals surface area contributed by atoms with Gasteiger partial charge in [0, 0.05) is 6.54 Å². The SMILES string of the molecule is COC(=O)C1(c2cccc(Cl)n2)CN2CCC1CC2. The van der Waals surface area contributed by atoms with Crippen molar-refractivity contribution >= 4 is 17.6 Å². The van der Waals surface area contributed by atoms with Crippen molar-refractivity contribution in [2.24, 2.45) is 5.92 Å². The molecule has 1 aromatic heterocycles. The van der Waals surface area contributed by atoms with Crippen molar-refractivity contribution < 1.29 is 9.53 Å². The molecule has 0 aromatic carbocycles. The Morgan fingerprint density at radius 2 is 2.21 bits per heavy atom. The third-order valence-corrected chi connectivity index (χ3v) is 4.69. The fraction of sp³-hybridized carbons (Fsp3) is 0.571. The molecule has 4 rings (SSSR count). The monoisotopic (exact) mass is 280 g/mol. The summed E-state index contributed by atoms with van der Waals surface area (Å²) in [5.74, 6) is 0.118. The predicted octanol–water partition coefficient (Wildman–Crippen LogP) is 1.87. The minimum atomic E-state index is -0.643. The highest BCUT2D eigenvalue weighted by Crippen LogP contribution is 2.44. The molecule has 102 valence electrons. The quantitative estimate of drug-likeness (QED) is 0.613. The number of methoxy groups -OCH3 is 1. The molecule has 0 spiro atoms. The molecule has 0 radical (unpaired) electrons. The van der Waals surface area contributed by atoms with E-state index < -0.39 is 5.41 Å². The van der Waals surface area contributed by atoms with Crippen LogP contribution in [0.3, 0.4) is 0 Å². The minimum absolute atomic E-state index is 0.184. The number of aromatic nitrogens is 1. The Kier molecular flexibility index (Phi) is 3.23. The van der Waals surface area contributed by atoms with Gasteiger partial charge in [-0.25, -0.2) is 4.98 Å². The number of pyridine rings is 1. The Hall–Kier alpha value is -1.13. The summed E-state index contributed by atoms with van der Waals surface area (Å²) < 4.78 is 5.09. The van der Waals surface area contributed by atoms with Crippen molar-refractivity contribution in [2.45, 2.75) is 18.3 Å². The molecule has 19 heavy (non-hydrogen) atoms. The zero-order valence-electron chi connectivity index (χ0n) is 10.9. The predicted molar refractivity (Wildman–Crippen MR) is 72.1 cm³/mol. The number of ether oxygens (including phenoxy) is 1. The maximum atomic E-state index is 12.5. The van der Waals surface area contributed by atoms with E-state index in [0.717, 1.165) is 31.6 Å². The summed E-state index contributed by atoms with van der Waals surface area (Å²) in [6.45, 7) is 2.81. The minimum Gasteiger partial charge on any atom is -0.468 e. The summed E-state index contributed by atoms with van der Waals surface area (Å²) in [6, 6.07) is 5.48. The molecule has 1 atom stereocenters. The lowest BCUT2D eigenvalue weighted by Crippen LogP contribution is -2.61.